The number of rotatable bonds is 4. The molecule has 1 aromatic carbocycles. The van der Waals surface area contributed by atoms with Crippen molar-refractivity contribution in [3.63, 3.8) is 0 Å². The molecule has 1 aromatic heterocycles. The number of fused-ring (bicyclic) bond motifs is 1. The first-order valence-corrected chi connectivity index (χ1v) is 7.60. The molecule has 0 saturated heterocycles. The van der Waals surface area contributed by atoms with Crippen molar-refractivity contribution in [1.29, 1.82) is 0 Å². The zero-order valence-corrected chi connectivity index (χ0v) is 12.4. The number of aryl methyl sites for hydroxylation is 3. The monoisotopic (exact) mass is 269 g/mol. The Bertz CT molecular complexity index is 586. The molecule has 1 atom stereocenters. The lowest BCUT2D eigenvalue weighted by molar-refractivity contribution is 0.458. The zero-order chi connectivity index (χ0) is 13.9. The molecule has 1 heterocycles. The predicted octanol–water partition coefficient (Wildman–Crippen LogP) is 3.15. The van der Waals surface area contributed by atoms with E-state index in [0.29, 0.717) is 6.04 Å². The van der Waals surface area contributed by atoms with Crippen molar-refractivity contribution in [3.8, 4) is 0 Å². The van der Waals surface area contributed by atoms with Crippen LogP contribution in [0, 0.1) is 0 Å². The van der Waals surface area contributed by atoms with Crippen molar-refractivity contribution in [2.45, 2.75) is 45.2 Å². The molecule has 1 N–H and O–H groups in total. The molecule has 1 aliphatic rings. The van der Waals surface area contributed by atoms with Gasteiger partial charge in [0.25, 0.3) is 0 Å². The zero-order valence-electron chi connectivity index (χ0n) is 12.4. The van der Waals surface area contributed by atoms with Crippen LogP contribution in [0.1, 0.15) is 48.2 Å². The topological polar surface area (TPSA) is 29.9 Å². The lowest BCUT2D eigenvalue weighted by Gasteiger charge is -2.26. The maximum absolute atomic E-state index is 4.51. The van der Waals surface area contributed by atoms with Crippen molar-refractivity contribution >= 4 is 0 Å². The maximum Gasteiger partial charge on any atom is 0.0666 e. The molecule has 0 spiro atoms. The summed E-state index contributed by atoms with van der Waals surface area (Å²) in [7, 11) is 2.00. The summed E-state index contributed by atoms with van der Waals surface area (Å²) in [5.74, 6) is 0. The fourth-order valence-electron chi connectivity index (χ4n) is 3.23. The summed E-state index contributed by atoms with van der Waals surface area (Å²) in [5, 5.41) is 8.24. The van der Waals surface area contributed by atoms with E-state index in [0.717, 1.165) is 13.0 Å². The Hall–Kier alpha value is -1.61. The van der Waals surface area contributed by atoms with Crippen LogP contribution in [0.2, 0.25) is 0 Å². The normalized spacial score (nSPS) is 18.0. The van der Waals surface area contributed by atoms with Gasteiger partial charge < -0.3 is 5.32 Å². The molecule has 2 aromatic rings. The van der Waals surface area contributed by atoms with Crippen molar-refractivity contribution in [2.75, 3.05) is 0 Å². The molecule has 106 valence electrons. The van der Waals surface area contributed by atoms with Crippen LogP contribution in [0.15, 0.2) is 30.5 Å². The number of aromatic nitrogens is 2. The third-order valence-corrected chi connectivity index (χ3v) is 4.24. The van der Waals surface area contributed by atoms with Gasteiger partial charge in [0.2, 0.25) is 0 Å². The number of benzene rings is 1. The van der Waals surface area contributed by atoms with E-state index in [2.05, 4.69) is 47.8 Å². The minimum absolute atomic E-state index is 0.491. The fourth-order valence-corrected chi connectivity index (χ4v) is 3.23. The molecular weight excluding hydrogens is 246 g/mol. The van der Waals surface area contributed by atoms with E-state index in [9.17, 15) is 0 Å². The Morgan fingerprint density at radius 2 is 2.20 bits per heavy atom. The average molecular weight is 269 g/mol. The molecule has 0 saturated carbocycles. The van der Waals surface area contributed by atoms with Gasteiger partial charge in [-0.05, 0) is 36.8 Å². The van der Waals surface area contributed by atoms with E-state index < -0.39 is 0 Å². The Morgan fingerprint density at radius 1 is 1.35 bits per heavy atom. The van der Waals surface area contributed by atoms with Crippen LogP contribution in [0.5, 0.6) is 0 Å². The van der Waals surface area contributed by atoms with E-state index in [1.807, 2.05) is 11.7 Å². The van der Waals surface area contributed by atoms with Crippen molar-refractivity contribution in [2.24, 2.45) is 7.05 Å². The van der Waals surface area contributed by atoms with Gasteiger partial charge in [-0.1, -0.05) is 31.2 Å². The van der Waals surface area contributed by atoms with Gasteiger partial charge in [-0.25, -0.2) is 0 Å². The van der Waals surface area contributed by atoms with Crippen LogP contribution in [0.4, 0.5) is 0 Å². The lowest BCUT2D eigenvalue weighted by atomic mass is 9.87. The summed E-state index contributed by atoms with van der Waals surface area (Å²) in [5.41, 5.74) is 5.54. The second kappa shape index (κ2) is 5.80. The minimum Gasteiger partial charge on any atom is -0.306 e. The highest BCUT2D eigenvalue weighted by atomic mass is 15.3. The van der Waals surface area contributed by atoms with E-state index in [1.165, 1.54) is 41.6 Å². The number of hydrogen-bond acceptors (Lipinski definition) is 2. The van der Waals surface area contributed by atoms with E-state index >= 15 is 0 Å². The highest BCUT2D eigenvalue weighted by molar-refractivity contribution is 5.32. The summed E-state index contributed by atoms with van der Waals surface area (Å²) in [6.07, 6.45) is 6.88. The quantitative estimate of drug-likeness (QED) is 0.924. The molecular formula is C17H23N3. The summed E-state index contributed by atoms with van der Waals surface area (Å²) >= 11 is 0. The summed E-state index contributed by atoms with van der Waals surface area (Å²) in [4.78, 5) is 0. The molecule has 1 unspecified atom stereocenters. The molecule has 0 fully saturated rings. The first-order chi connectivity index (χ1) is 9.78. The first-order valence-electron chi connectivity index (χ1n) is 7.60. The molecule has 3 nitrogen and oxygen atoms in total. The molecule has 0 bridgehead atoms. The van der Waals surface area contributed by atoms with Crippen LogP contribution in [-0.2, 0) is 26.4 Å². The third-order valence-electron chi connectivity index (χ3n) is 4.24. The van der Waals surface area contributed by atoms with Crippen LogP contribution >= 0.6 is 0 Å². The van der Waals surface area contributed by atoms with E-state index in [-0.39, 0.29) is 0 Å². The van der Waals surface area contributed by atoms with E-state index in [1.54, 1.807) is 0 Å². The SMILES string of the molecule is CCc1nn(C)cc1CNC1CCCc2ccccc21. The largest absolute Gasteiger partial charge is 0.306 e. The Kier molecular flexibility index (Phi) is 3.88. The third kappa shape index (κ3) is 2.63. The van der Waals surface area contributed by atoms with Crippen molar-refractivity contribution in [3.05, 3.63) is 52.8 Å². The van der Waals surface area contributed by atoms with Gasteiger partial charge in [0, 0.05) is 31.4 Å². The van der Waals surface area contributed by atoms with Gasteiger partial charge >= 0.3 is 0 Å². The molecule has 0 aliphatic heterocycles. The highest BCUT2D eigenvalue weighted by Crippen LogP contribution is 2.29. The highest BCUT2D eigenvalue weighted by Gasteiger charge is 2.19. The van der Waals surface area contributed by atoms with Crippen LogP contribution < -0.4 is 5.32 Å². The second-order valence-electron chi connectivity index (χ2n) is 5.65. The van der Waals surface area contributed by atoms with Gasteiger partial charge in [-0.3, -0.25) is 4.68 Å². The summed E-state index contributed by atoms with van der Waals surface area (Å²) < 4.78 is 1.92. The standard InChI is InChI=1S/C17H23N3/c1-3-16-14(12-20(2)19-16)11-18-17-10-6-8-13-7-4-5-9-15(13)17/h4-5,7,9,12,17-18H,3,6,8,10-11H2,1-2H3. The minimum atomic E-state index is 0.491. The maximum atomic E-state index is 4.51. The van der Waals surface area contributed by atoms with Gasteiger partial charge in [0.05, 0.1) is 5.69 Å². The van der Waals surface area contributed by atoms with Gasteiger partial charge in [-0.2, -0.15) is 5.10 Å². The number of nitrogens with zero attached hydrogens (tertiary/aromatic N) is 2. The van der Waals surface area contributed by atoms with Crippen LogP contribution in [0.25, 0.3) is 0 Å². The molecule has 0 amide bonds. The fraction of sp³-hybridized carbons (Fsp3) is 0.471. The van der Waals surface area contributed by atoms with Gasteiger partial charge in [0.15, 0.2) is 0 Å². The molecule has 20 heavy (non-hydrogen) atoms. The molecule has 0 radical (unpaired) electrons. The molecule has 3 heteroatoms. The second-order valence-corrected chi connectivity index (χ2v) is 5.65. The number of hydrogen-bond donors (Lipinski definition) is 1. The van der Waals surface area contributed by atoms with Crippen molar-refractivity contribution in [1.82, 2.24) is 15.1 Å². The van der Waals surface area contributed by atoms with Gasteiger partial charge in [0.1, 0.15) is 0 Å². The number of nitrogens with one attached hydrogen (secondary N) is 1. The lowest BCUT2D eigenvalue weighted by Crippen LogP contribution is -2.25. The van der Waals surface area contributed by atoms with Crippen LogP contribution in [0.3, 0.4) is 0 Å². The Balaban J connectivity index is 1.73. The van der Waals surface area contributed by atoms with E-state index in [4.69, 9.17) is 0 Å². The van der Waals surface area contributed by atoms with Crippen LogP contribution in [-0.4, -0.2) is 9.78 Å². The summed E-state index contributed by atoms with van der Waals surface area (Å²) in [6.45, 7) is 3.08. The molecule has 3 rings (SSSR count). The predicted molar refractivity (Wildman–Crippen MR) is 81.5 cm³/mol. The first kappa shape index (κ1) is 13.4. The average Bonchev–Trinajstić information content (AvgIpc) is 2.85. The summed E-state index contributed by atoms with van der Waals surface area (Å²) in [6, 6.07) is 9.34. The van der Waals surface area contributed by atoms with Gasteiger partial charge in [-0.15, -0.1) is 0 Å². The smallest absolute Gasteiger partial charge is 0.0666 e. The Morgan fingerprint density at radius 3 is 3.05 bits per heavy atom. The molecule has 1 aliphatic carbocycles. The Labute approximate surface area is 121 Å². The van der Waals surface area contributed by atoms with Crippen molar-refractivity contribution < 1.29 is 0 Å².